The Hall–Kier alpha value is -1.55. The molecule has 2 aliphatic rings. The Morgan fingerprint density at radius 3 is 2.79 bits per heavy atom. The van der Waals surface area contributed by atoms with Gasteiger partial charge in [-0.25, -0.2) is 0 Å². The minimum absolute atomic E-state index is 0. The number of halogens is 1. The molecule has 0 aromatic heterocycles. The predicted octanol–water partition coefficient (Wildman–Crippen LogP) is 2.11. The maximum absolute atomic E-state index is 12.1. The summed E-state index contributed by atoms with van der Waals surface area (Å²) in [5.74, 6) is 0.976. The van der Waals surface area contributed by atoms with Crippen LogP contribution in [0.4, 0.5) is 0 Å². The number of amides is 1. The molecule has 1 saturated heterocycles. The largest absolute Gasteiger partial charge is 0.507 e. The zero-order chi connectivity index (χ0) is 19.4. The van der Waals surface area contributed by atoms with E-state index in [2.05, 4.69) is 34.8 Å². The molecule has 3 atom stereocenters. The lowest BCUT2D eigenvalue weighted by Gasteiger charge is -2.54. The lowest BCUT2D eigenvalue weighted by molar-refractivity contribution is -0.106. The smallest absolute Gasteiger partial charge is 0.255 e. The van der Waals surface area contributed by atoms with Crippen molar-refractivity contribution in [3.8, 4) is 5.75 Å². The fourth-order valence-corrected chi connectivity index (χ4v) is 4.18. The van der Waals surface area contributed by atoms with Gasteiger partial charge in [0, 0.05) is 37.1 Å². The zero-order valence-corrected chi connectivity index (χ0v) is 19.0. The van der Waals surface area contributed by atoms with Crippen molar-refractivity contribution in [2.75, 3.05) is 26.2 Å². The highest BCUT2D eigenvalue weighted by Crippen LogP contribution is 2.52. The van der Waals surface area contributed by atoms with Gasteiger partial charge in [-0.05, 0) is 25.5 Å². The van der Waals surface area contributed by atoms with Crippen LogP contribution in [0.15, 0.2) is 29.3 Å². The minimum Gasteiger partial charge on any atom is -0.507 e. The molecular formula is C20H31IN4O3. The summed E-state index contributed by atoms with van der Waals surface area (Å²) >= 11 is 0. The molecule has 1 aromatic carbocycles. The number of phenols is 1. The van der Waals surface area contributed by atoms with Crippen LogP contribution in [0.1, 0.15) is 37.6 Å². The molecule has 1 aliphatic carbocycles. The molecule has 1 amide bonds. The first-order chi connectivity index (χ1) is 12.9. The third kappa shape index (κ3) is 4.71. The van der Waals surface area contributed by atoms with Gasteiger partial charge in [0.05, 0.1) is 18.2 Å². The van der Waals surface area contributed by atoms with Crippen molar-refractivity contribution < 1.29 is 14.6 Å². The highest BCUT2D eigenvalue weighted by Gasteiger charge is 2.59. The number of phenolic OH excluding ortho intramolecular Hbond substituents is 1. The van der Waals surface area contributed by atoms with Gasteiger partial charge in [0.25, 0.3) is 5.91 Å². The monoisotopic (exact) mass is 502 g/mol. The van der Waals surface area contributed by atoms with Crippen LogP contribution in [-0.2, 0) is 4.74 Å². The third-order valence-corrected chi connectivity index (χ3v) is 5.55. The average Bonchev–Trinajstić information content (AvgIpc) is 3.10. The van der Waals surface area contributed by atoms with E-state index >= 15 is 0 Å². The van der Waals surface area contributed by atoms with Crippen LogP contribution >= 0.6 is 24.0 Å². The molecule has 1 heterocycles. The van der Waals surface area contributed by atoms with Crippen molar-refractivity contribution in [1.82, 2.24) is 16.0 Å². The van der Waals surface area contributed by atoms with E-state index in [1.807, 2.05) is 6.92 Å². The van der Waals surface area contributed by atoms with Crippen LogP contribution in [0.25, 0.3) is 0 Å². The molecule has 7 nitrogen and oxygen atoms in total. The van der Waals surface area contributed by atoms with Crippen LogP contribution in [0.2, 0.25) is 0 Å². The SMILES string of the molecule is CCNC(=NCCNC(=O)c1ccccc1O)NC1C2CCOC2C1(C)C.I. The number of guanidine groups is 1. The van der Waals surface area contributed by atoms with Crippen LogP contribution in [0.5, 0.6) is 5.75 Å². The maximum atomic E-state index is 12.1. The Kier molecular flexibility index (Phi) is 7.94. The lowest BCUT2D eigenvalue weighted by Crippen LogP contribution is -2.68. The summed E-state index contributed by atoms with van der Waals surface area (Å²) in [6, 6.07) is 6.84. The Balaban J connectivity index is 0.00000280. The topological polar surface area (TPSA) is 95.0 Å². The fourth-order valence-electron chi connectivity index (χ4n) is 4.18. The summed E-state index contributed by atoms with van der Waals surface area (Å²) in [6.07, 6.45) is 1.41. The number of fused-ring (bicyclic) bond motifs is 1. The number of aromatic hydroxyl groups is 1. The van der Waals surface area contributed by atoms with Gasteiger partial charge in [0.15, 0.2) is 5.96 Å². The number of para-hydroxylation sites is 1. The molecule has 1 aliphatic heterocycles. The number of nitrogens with one attached hydrogen (secondary N) is 3. The number of benzene rings is 1. The number of rotatable bonds is 6. The van der Waals surface area contributed by atoms with E-state index in [4.69, 9.17) is 4.74 Å². The van der Waals surface area contributed by atoms with Gasteiger partial charge < -0.3 is 25.8 Å². The second-order valence-electron chi connectivity index (χ2n) is 7.72. The summed E-state index contributed by atoms with van der Waals surface area (Å²) in [6.45, 7) is 8.95. The van der Waals surface area contributed by atoms with Crippen LogP contribution in [0.3, 0.4) is 0 Å². The third-order valence-electron chi connectivity index (χ3n) is 5.55. The number of carbonyl (C=O) groups excluding carboxylic acids is 1. The van der Waals surface area contributed by atoms with E-state index in [0.29, 0.717) is 31.2 Å². The quantitative estimate of drug-likeness (QED) is 0.207. The molecule has 28 heavy (non-hydrogen) atoms. The molecular weight excluding hydrogens is 471 g/mol. The number of aliphatic imine (C=N–C) groups is 1. The average molecular weight is 502 g/mol. The molecule has 2 fully saturated rings. The molecule has 1 saturated carbocycles. The zero-order valence-electron chi connectivity index (χ0n) is 16.7. The molecule has 8 heteroatoms. The molecule has 3 rings (SSSR count). The number of hydrogen-bond acceptors (Lipinski definition) is 4. The van der Waals surface area contributed by atoms with Gasteiger partial charge in [-0.3, -0.25) is 9.79 Å². The molecule has 3 unspecified atom stereocenters. The van der Waals surface area contributed by atoms with Crippen molar-refractivity contribution in [1.29, 1.82) is 0 Å². The maximum Gasteiger partial charge on any atom is 0.255 e. The van der Waals surface area contributed by atoms with E-state index in [1.54, 1.807) is 18.2 Å². The summed E-state index contributed by atoms with van der Waals surface area (Å²) in [4.78, 5) is 16.7. The number of hydrogen-bond donors (Lipinski definition) is 4. The first-order valence-corrected chi connectivity index (χ1v) is 9.67. The van der Waals surface area contributed by atoms with Crippen LogP contribution in [0, 0.1) is 11.3 Å². The van der Waals surface area contributed by atoms with Gasteiger partial charge in [-0.15, -0.1) is 24.0 Å². The van der Waals surface area contributed by atoms with Gasteiger partial charge in [0.2, 0.25) is 0 Å². The Bertz CT molecular complexity index is 710. The second kappa shape index (κ2) is 9.78. The number of carbonyl (C=O) groups is 1. The van der Waals surface area contributed by atoms with Crippen molar-refractivity contribution in [2.24, 2.45) is 16.3 Å². The van der Waals surface area contributed by atoms with Gasteiger partial charge in [-0.2, -0.15) is 0 Å². The van der Waals surface area contributed by atoms with Gasteiger partial charge >= 0.3 is 0 Å². The highest BCUT2D eigenvalue weighted by molar-refractivity contribution is 14.0. The van der Waals surface area contributed by atoms with E-state index in [0.717, 1.165) is 25.5 Å². The van der Waals surface area contributed by atoms with Crippen molar-refractivity contribution in [3.63, 3.8) is 0 Å². The van der Waals surface area contributed by atoms with E-state index in [-0.39, 0.29) is 46.6 Å². The predicted molar refractivity (Wildman–Crippen MR) is 120 cm³/mol. The lowest BCUT2D eigenvalue weighted by atomic mass is 9.57. The van der Waals surface area contributed by atoms with E-state index in [9.17, 15) is 9.90 Å². The van der Waals surface area contributed by atoms with Crippen LogP contribution < -0.4 is 16.0 Å². The second-order valence-corrected chi connectivity index (χ2v) is 7.72. The van der Waals surface area contributed by atoms with Crippen LogP contribution in [-0.4, -0.2) is 55.4 Å². The van der Waals surface area contributed by atoms with Gasteiger partial charge in [-0.1, -0.05) is 26.0 Å². The van der Waals surface area contributed by atoms with E-state index in [1.165, 1.54) is 6.07 Å². The standard InChI is InChI=1S/C20H30N4O3.HI/c1-4-21-19(24-16-14-9-12-27-17(14)20(16,2)3)23-11-10-22-18(26)13-7-5-6-8-15(13)25;/h5-8,14,16-17,25H,4,9-12H2,1-3H3,(H,22,26)(H2,21,23,24);1H. The van der Waals surface area contributed by atoms with Crippen molar-refractivity contribution in [2.45, 2.75) is 39.3 Å². The Morgan fingerprint density at radius 1 is 1.32 bits per heavy atom. The normalized spacial score (nSPS) is 25.1. The minimum atomic E-state index is -0.299. The van der Waals surface area contributed by atoms with E-state index < -0.39 is 0 Å². The first kappa shape index (κ1) is 22.7. The molecule has 1 aromatic rings. The van der Waals surface area contributed by atoms with Gasteiger partial charge in [0.1, 0.15) is 5.75 Å². The Labute approximate surface area is 183 Å². The number of ether oxygens (including phenoxy) is 1. The molecule has 156 valence electrons. The Morgan fingerprint density at radius 2 is 2.07 bits per heavy atom. The number of nitrogens with zero attached hydrogens (tertiary/aromatic N) is 1. The fraction of sp³-hybridized carbons (Fsp3) is 0.600. The summed E-state index contributed by atoms with van der Waals surface area (Å²) in [5.41, 5.74) is 0.353. The molecule has 4 N–H and O–H groups in total. The summed E-state index contributed by atoms with van der Waals surface area (Å²) in [7, 11) is 0. The summed E-state index contributed by atoms with van der Waals surface area (Å²) < 4.78 is 5.85. The van der Waals surface area contributed by atoms with Crippen molar-refractivity contribution >= 4 is 35.8 Å². The summed E-state index contributed by atoms with van der Waals surface area (Å²) in [5, 5.41) is 19.3. The molecule has 0 radical (unpaired) electrons. The molecule has 0 spiro atoms. The molecule has 0 bridgehead atoms. The first-order valence-electron chi connectivity index (χ1n) is 9.67. The van der Waals surface area contributed by atoms with Crippen molar-refractivity contribution in [3.05, 3.63) is 29.8 Å². The highest BCUT2D eigenvalue weighted by atomic mass is 127.